The average Bonchev–Trinajstić information content (AvgIpc) is 3.10. The highest BCUT2D eigenvalue weighted by Crippen LogP contribution is 2.22. The average molecular weight is 399 g/mol. The van der Waals surface area contributed by atoms with Gasteiger partial charge < -0.3 is 10.1 Å². The Kier molecular flexibility index (Phi) is 6.63. The van der Waals surface area contributed by atoms with Gasteiger partial charge in [0.25, 0.3) is 5.91 Å². The molecule has 1 fully saturated rings. The number of aromatic nitrogens is 2. The van der Waals surface area contributed by atoms with Crippen LogP contribution in [0.5, 0.6) is 5.75 Å². The van der Waals surface area contributed by atoms with Crippen LogP contribution in [0.3, 0.4) is 0 Å². The van der Waals surface area contributed by atoms with Crippen LogP contribution in [0.2, 0.25) is 0 Å². The van der Waals surface area contributed by atoms with Gasteiger partial charge in [0.1, 0.15) is 11.4 Å². The van der Waals surface area contributed by atoms with Crippen molar-refractivity contribution in [1.82, 2.24) is 20.0 Å². The molecular weight excluding hydrogens is 364 g/mol. The van der Waals surface area contributed by atoms with Crippen molar-refractivity contribution in [3.63, 3.8) is 0 Å². The van der Waals surface area contributed by atoms with Crippen molar-refractivity contribution in [3.05, 3.63) is 47.3 Å². The third-order valence-corrected chi connectivity index (χ3v) is 5.70. The van der Waals surface area contributed by atoms with Crippen molar-refractivity contribution in [2.24, 2.45) is 13.0 Å². The van der Waals surface area contributed by atoms with Gasteiger partial charge in [-0.2, -0.15) is 5.10 Å². The van der Waals surface area contributed by atoms with Gasteiger partial charge in [0.15, 0.2) is 0 Å². The molecule has 0 saturated carbocycles. The Balaban J connectivity index is 1.45. The number of carbonyl (C=O) groups excluding carboxylic acids is 1. The number of hydrogen-bond acceptors (Lipinski definition) is 4. The van der Waals surface area contributed by atoms with Gasteiger partial charge in [0.2, 0.25) is 0 Å². The van der Waals surface area contributed by atoms with Gasteiger partial charge >= 0.3 is 0 Å². The minimum Gasteiger partial charge on any atom is -0.497 e. The number of nitrogens with one attached hydrogen (secondary N) is 1. The first-order valence-electron chi connectivity index (χ1n) is 10.4. The molecule has 0 bridgehead atoms. The minimum absolute atomic E-state index is 0.0313. The Labute approximate surface area is 174 Å². The lowest BCUT2D eigenvalue weighted by molar-refractivity contribution is 0.0926. The molecule has 2 aromatic rings. The van der Waals surface area contributed by atoms with Crippen LogP contribution in [-0.2, 0) is 19.0 Å². The maximum atomic E-state index is 12.6. The van der Waals surface area contributed by atoms with E-state index in [2.05, 4.69) is 48.2 Å². The summed E-state index contributed by atoms with van der Waals surface area (Å²) in [6.45, 7) is 10.1. The summed E-state index contributed by atoms with van der Waals surface area (Å²) in [4.78, 5) is 15.1. The molecule has 1 aliphatic rings. The van der Waals surface area contributed by atoms with Gasteiger partial charge in [-0.25, -0.2) is 0 Å². The lowest BCUT2D eigenvalue weighted by atomic mass is 9.92. The third kappa shape index (κ3) is 5.60. The van der Waals surface area contributed by atoms with Crippen molar-refractivity contribution < 1.29 is 9.53 Å². The summed E-state index contributed by atoms with van der Waals surface area (Å²) < 4.78 is 6.91. The van der Waals surface area contributed by atoms with E-state index in [-0.39, 0.29) is 11.3 Å². The molecule has 1 amide bonds. The fraction of sp³-hybridized carbons (Fsp3) is 0.565. The number of ether oxygens (including phenoxy) is 1. The molecule has 29 heavy (non-hydrogen) atoms. The maximum Gasteiger partial charge on any atom is 0.269 e. The zero-order valence-electron chi connectivity index (χ0n) is 18.4. The summed E-state index contributed by atoms with van der Waals surface area (Å²) >= 11 is 0. The Bertz CT molecular complexity index is 812. The van der Waals surface area contributed by atoms with Crippen LogP contribution in [0, 0.1) is 5.92 Å². The number of hydrogen-bond donors (Lipinski definition) is 1. The summed E-state index contributed by atoms with van der Waals surface area (Å²) in [5, 5.41) is 7.62. The van der Waals surface area contributed by atoms with Gasteiger partial charge in [-0.1, -0.05) is 32.9 Å². The van der Waals surface area contributed by atoms with E-state index in [0.29, 0.717) is 11.6 Å². The predicted molar refractivity (Wildman–Crippen MR) is 115 cm³/mol. The molecule has 6 nitrogen and oxygen atoms in total. The van der Waals surface area contributed by atoms with Crippen LogP contribution in [0.25, 0.3) is 0 Å². The fourth-order valence-corrected chi connectivity index (χ4v) is 3.71. The molecule has 0 atom stereocenters. The molecule has 0 unspecified atom stereocenters. The van der Waals surface area contributed by atoms with Gasteiger partial charge in [0, 0.05) is 25.6 Å². The molecule has 1 aliphatic heterocycles. The monoisotopic (exact) mass is 398 g/mol. The van der Waals surface area contributed by atoms with Crippen molar-refractivity contribution in [3.8, 4) is 5.75 Å². The van der Waals surface area contributed by atoms with Crippen molar-refractivity contribution >= 4 is 5.91 Å². The fourth-order valence-electron chi connectivity index (χ4n) is 3.71. The number of nitrogens with zero attached hydrogens (tertiary/aromatic N) is 3. The number of aryl methyl sites for hydroxylation is 1. The molecule has 1 aromatic carbocycles. The number of benzene rings is 1. The summed E-state index contributed by atoms with van der Waals surface area (Å²) in [6, 6.07) is 10.2. The highest BCUT2D eigenvalue weighted by atomic mass is 16.5. The second kappa shape index (κ2) is 8.99. The smallest absolute Gasteiger partial charge is 0.269 e. The Hall–Kier alpha value is -2.34. The van der Waals surface area contributed by atoms with Crippen molar-refractivity contribution in [1.29, 1.82) is 0 Å². The highest BCUT2D eigenvalue weighted by Gasteiger charge is 2.23. The summed E-state index contributed by atoms with van der Waals surface area (Å²) in [5.41, 5.74) is 2.82. The Morgan fingerprint density at radius 3 is 2.41 bits per heavy atom. The number of rotatable bonds is 6. The first-order valence-corrected chi connectivity index (χ1v) is 10.4. The number of likely N-dealkylation sites (tertiary alicyclic amines) is 1. The number of carbonyl (C=O) groups is 1. The molecule has 0 aliphatic carbocycles. The van der Waals surface area contributed by atoms with E-state index in [9.17, 15) is 4.79 Å². The molecule has 1 saturated heterocycles. The minimum atomic E-state index is -0.0625. The molecular formula is C23H34N4O2. The van der Waals surface area contributed by atoms with E-state index in [1.54, 1.807) is 11.8 Å². The van der Waals surface area contributed by atoms with E-state index < -0.39 is 0 Å². The standard InChI is InChI=1S/C23H34N4O2/c1-23(2,3)21-14-20(26(4)25-21)22(28)24-15-17-10-12-27(13-11-17)16-18-6-8-19(29-5)9-7-18/h6-9,14,17H,10-13,15-16H2,1-5H3,(H,24,28). The van der Waals surface area contributed by atoms with E-state index in [1.165, 1.54) is 5.56 Å². The molecule has 3 rings (SSSR count). The van der Waals surface area contributed by atoms with Crippen LogP contribution in [0.15, 0.2) is 30.3 Å². The van der Waals surface area contributed by atoms with Gasteiger partial charge in [-0.3, -0.25) is 14.4 Å². The van der Waals surface area contributed by atoms with Gasteiger partial charge in [-0.15, -0.1) is 0 Å². The molecule has 0 radical (unpaired) electrons. The van der Waals surface area contributed by atoms with E-state index in [1.807, 2.05) is 25.2 Å². The predicted octanol–water partition coefficient (Wildman–Crippen LogP) is 3.37. The second-order valence-corrected chi connectivity index (χ2v) is 9.07. The normalized spacial score (nSPS) is 16.0. The second-order valence-electron chi connectivity index (χ2n) is 9.07. The quantitative estimate of drug-likeness (QED) is 0.811. The third-order valence-electron chi connectivity index (χ3n) is 5.70. The molecule has 2 heterocycles. The number of piperidine rings is 1. The highest BCUT2D eigenvalue weighted by molar-refractivity contribution is 5.92. The molecule has 6 heteroatoms. The summed E-state index contributed by atoms with van der Waals surface area (Å²) in [5.74, 6) is 1.39. The zero-order valence-corrected chi connectivity index (χ0v) is 18.4. The SMILES string of the molecule is COc1ccc(CN2CCC(CNC(=O)c3cc(C(C)(C)C)nn3C)CC2)cc1. The van der Waals surface area contributed by atoms with Crippen LogP contribution in [0.1, 0.15) is 55.4 Å². The number of amides is 1. The topological polar surface area (TPSA) is 59.4 Å². The van der Waals surface area contributed by atoms with Crippen molar-refractivity contribution in [2.45, 2.75) is 45.6 Å². The van der Waals surface area contributed by atoms with Gasteiger partial charge in [0.05, 0.1) is 12.8 Å². The lowest BCUT2D eigenvalue weighted by Gasteiger charge is -2.32. The maximum absolute atomic E-state index is 12.6. The molecule has 1 N–H and O–H groups in total. The number of methoxy groups -OCH3 is 1. The molecule has 1 aromatic heterocycles. The largest absolute Gasteiger partial charge is 0.497 e. The summed E-state index contributed by atoms with van der Waals surface area (Å²) in [6.07, 6.45) is 2.21. The lowest BCUT2D eigenvalue weighted by Crippen LogP contribution is -2.38. The Morgan fingerprint density at radius 2 is 1.86 bits per heavy atom. The summed E-state index contributed by atoms with van der Waals surface area (Å²) in [7, 11) is 3.53. The van der Waals surface area contributed by atoms with E-state index in [4.69, 9.17) is 4.74 Å². The van der Waals surface area contributed by atoms with Crippen molar-refractivity contribution in [2.75, 3.05) is 26.7 Å². The Morgan fingerprint density at radius 1 is 1.21 bits per heavy atom. The van der Waals surface area contributed by atoms with Crippen LogP contribution in [0.4, 0.5) is 0 Å². The van der Waals surface area contributed by atoms with Gasteiger partial charge in [-0.05, 0) is 55.6 Å². The van der Waals surface area contributed by atoms with E-state index in [0.717, 1.165) is 50.5 Å². The first-order chi connectivity index (χ1) is 13.8. The first kappa shape index (κ1) is 21.4. The molecule has 158 valence electrons. The van der Waals surface area contributed by atoms with Crippen LogP contribution < -0.4 is 10.1 Å². The van der Waals surface area contributed by atoms with E-state index >= 15 is 0 Å². The van der Waals surface area contributed by atoms with Crippen LogP contribution >= 0.6 is 0 Å². The molecule has 0 spiro atoms. The van der Waals surface area contributed by atoms with Crippen LogP contribution in [-0.4, -0.2) is 47.3 Å². The zero-order chi connectivity index (χ0) is 21.0.